The number of benzene rings is 1. The second-order valence-corrected chi connectivity index (χ2v) is 5.13. The van der Waals surface area contributed by atoms with Crippen molar-refractivity contribution in [3.63, 3.8) is 0 Å². The molecule has 2 nitrogen and oxygen atoms in total. The van der Waals surface area contributed by atoms with E-state index in [9.17, 15) is 4.79 Å². The van der Waals surface area contributed by atoms with E-state index in [0.29, 0.717) is 24.9 Å². The van der Waals surface area contributed by atoms with Crippen molar-refractivity contribution in [1.82, 2.24) is 0 Å². The molecule has 20 heavy (non-hydrogen) atoms. The van der Waals surface area contributed by atoms with E-state index in [1.165, 1.54) is 0 Å². The van der Waals surface area contributed by atoms with Gasteiger partial charge in [0.15, 0.2) is 0 Å². The molecule has 108 valence electrons. The van der Waals surface area contributed by atoms with Crippen molar-refractivity contribution in [3.05, 3.63) is 60.7 Å². The summed E-state index contributed by atoms with van der Waals surface area (Å²) in [6.07, 6.45) is 7.10. The first-order valence-electron chi connectivity index (χ1n) is 7.12. The largest absolute Gasteiger partial charge is 0.465 e. The van der Waals surface area contributed by atoms with Gasteiger partial charge >= 0.3 is 5.97 Å². The number of esters is 1. The molecule has 0 amide bonds. The van der Waals surface area contributed by atoms with Crippen LogP contribution in [0.2, 0.25) is 0 Å². The molecule has 1 aromatic carbocycles. The maximum atomic E-state index is 11.7. The summed E-state index contributed by atoms with van der Waals surface area (Å²) in [4.78, 5) is 11.7. The molecule has 0 radical (unpaired) electrons. The van der Waals surface area contributed by atoms with E-state index in [2.05, 4.69) is 26.5 Å². The van der Waals surface area contributed by atoms with Crippen molar-refractivity contribution >= 4 is 5.97 Å². The minimum absolute atomic E-state index is 0.155. The van der Waals surface area contributed by atoms with E-state index >= 15 is 0 Å². The molecule has 0 aliphatic heterocycles. The van der Waals surface area contributed by atoms with E-state index in [0.717, 1.165) is 12.0 Å². The van der Waals surface area contributed by atoms with E-state index in [1.54, 1.807) is 6.08 Å². The highest BCUT2D eigenvalue weighted by molar-refractivity contribution is 5.72. The van der Waals surface area contributed by atoms with Crippen LogP contribution in [0.15, 0.2) is 55.1 Å². The van der Waals surface area contributed by atoms with Crippen LogP contribution < -0.4 is 0 Å². The second-order valence-electron chi connectivity index (χ2n) is 5.13. The lowest BCUT2D eigenvalue weighted by molar-refractivity contribution is -0.143. The average molecular weight is 272 g/mol. The summed E-state index contributed by atoms with van der Waals surface area (Å²) in [5.41, 5.74) is 0.993. The van der Waals surface area contributed by atoms with Gasteiger partial charge in [-0.05, 0) is 23.8 Å². The third kappa shape index (κ3) is 6.37. The topological polar surface area (TPSA) is 26.3 Å². The van der Waals surface area contributed by atoms with Gasteiger partial charge in [-0.1, -0.05) is 69.0 Å². The van der Waals surface area contributed by atoms with Crippen LogP contribution in [0.25, 0.3) is 0 Å². The highest BCUT2D eigenvalue weighted by atomic mass is 16.5. The Morgan fingerprint density at radius 2 is 2.00 bits per heavy atom. The van der Waals surface area contributed by atoms with Crippen molar-refractivity contribution in [2.24, 2.45) is 11.8 Å². The summed E-state index contributed by atoms with van der Waals surface area (Å²) < 4.78 is 5.29. The van der Waals surface area contributed by atoms with Gasteiger partial charge in [-0.25, -0.2) is 0 Å². The van der Waals surface area contributed by atoms with Crippen LogP contribution >= 0.6 is 0 Å². The lowest BCUT2D eigenvalue weighted by Crippen LogP contribution is -2.13. The Morgan fingerprint density at radius 1 is 1.30 bits per heavy atom. The maximum absolute atomic E-state index is 11.7. The number of carbonyl (C=O) groups is 1. The van der Waals surface area contributed by atoms with Gasteiger partial charge in [0, 0.05) is 0 Å². The van der Waals surface area contributed by atoms with Crippen LogP contribution in [0.4, 0.5) is 0 Å². The Balaban J connectivity index is 2.25. The van der Waals surface area contributed by atoms with Crippen LogP contribution in [0.3, 0.4) is 0 Å². The van der Waals surface area contributed by atoms with E-state index in [4.69, 9.17) is 4.74 Å². The van der Waals surface area contributed by atoms with Crippen molar-refractivity contribution in [1.29, 1.82) is 0 Å². The molecule has 0 heterocycles. The monoisotopic (exact) mass is 272 g/mol. The van der Waals surface area contributed by atoms with Gasteiger partial charge in [0.2, 0.25) is 0 Å². The first kappa shape index (κ1) is 16.2. The van der Waals surface area contributed by atoms with Crippen LogP contribution in [-0.4, -0.2) is 12.6 Å². The van der Waals surface area contributed by atoms with Gasteiger partial charge in [0.05, 0.1) is 13.0 Å². The van der Waals surface area contributed by atoms with Crippen LogP contribution in [-0.2, 0) is 16.0 Å². The number of ether oxygens (including phenoxy) is 1. The van der Waals surface area contributed by atoms with Gasteiger partial charge in [-0.2, -0.15) is 0 Å². The van der Waals surface area contributed by atoms with Gasteiger partial charge in [-0.15, -0.1) is 0 Å². The molecule has 1 rings (SSSR count). The number of rotatable bonds is 8. The first-order valence-corrected chi connectivity index (χ1v) is 7.12. The summed E-state index contributed by atoms with van der Waals surface area (Å²) in [6, 6.07) is 9.67. The van der Waals surface area contributed by atoms with Gasteiger partial charge in [0.1, 0.15) is 0 Å². The molecule has 2 heteroatoms. The van der Waals surface area contributed by atoms with Crippen LogP contribution in [0.5, 0.6) is 0 Å². The molecule has 2 unspecified atom stereocenters. The molecule has 0 saturated heterocycles. The van der Waals surface area contributed by atoms with E-state index in [1.807, 2.05) is 36.4 Å². The fourth-order valence-corrected chi connectivity index (χ4v) is 1.88. The minimum atomic E-state index is -0.155. The molecule has 0 saturated carbocycles. The molecule has 1 aromatic rings. The summed E-state index contributed by atoms with van der Waals surface area (Å²) in [7, 11) is 0. The molecule has 0 aliphatic carbocycles. The third-order valence-electron chi connectivity index (χ3n) is 3.48. The Kier molecular flexibility index (Phi) is 7.41. The average Bonchev–Trinajstić information content (AvgIpc) is 2.45. The van der Waals surface area contributed by atoms with E-state index < -0.39 is 0 Å². The Bertz CT molecular complexity index is 434. The second kappa shape index (κ2) is 9.13. The highest BCUT2D eigenvalue weighted by Crippen LogP contribution is 2.16. The number of allylic oxidation sites excluding steroid dienone is 3. The van der Waals surface area contributed by atoms with Gasteiger partial charge in [-0.3, -0.25) is 4.79 Å². The smallest absolute Gasteiger partial charge is 0.310 e. The first-order chi connectivity index (χ1) is 9.63. The lowest BCUT2D eigenvalue weighted by Gasteiger charge is -2.16. The summed E-state index contributed by atoms with van der Waals surface area (Å²) >= 11 is 0. The Hall–Kier alpha value is -1.83. The van der Waals surface area contributed by atoms with Crippen molar-refractivity contribution in [3.8, 4) is 0 Å². The molecular weight excluding hydrogens is 248 g/mol. The molecule has 0 N–H and O–H groups in total. The predicted molar refractivity (Wildman–Crippen MR) is 83.4 cm³/mol. The lowest BCUT2D eigenvalue weighted by atomic mass is 9.93. The highest BCUT2D eigenvalue weighted by Gasteiger charge is 2.10. The van der Waals surface area contributed by atoms with Crippen molar-refractivity contribution in [2.45, 2.75) is 26.7 Å². The zero-order chi connectivity index (χ0) is 14.8. The normalized spacial score (nSPS) is 13.9. The van der Waals surface area contributed by atoms with Gasteiger partial charge < -0.3 is 4.74 Å². The van der Waals surface area contributed by atoms with Crippen LogP contribution in [0, 0.1) is 11.8 Å². The zero-order valence-corrected chi connectivity index (χ0v) is 12.4. The summed E-state index contributed by atoms with van der Waals surface area (Å²) in [6.45, 7) is 8.48. The number of hydrogen-bond donors (Lipinski definition) is 0. The van der Waals surface area contributed by atoms with E-state index in [-0.39, 0.29) is 5.97 Å². The fraction of sp³-hybridized carbons (Fsp3) is 0.389. The zero-order valence-electron chi connectivity index (χ0n) is 12.4. The molecular formula is C18H24O2. The molecule has 0 spiro atoms. The van der Waals surface area contributed by atoms with Gasteiger partial charge in [0.25, 0.3) is 0 Å². The number of hydrogen-bond acceptors (Lipinski definition) is 2. The molecule has 0 aromatic heterocycles. The quantitative estimate of drug-likeness (QED) is 0.524. The van der Waals surface area contributed by atoms with Crippen molar-refractivity contribution in [2.75, 3.05) is 6.61 Å². The number of carbonyl (C=O) groups excluding carboxylic acids is 1. The summed E-state index contributed by atoms with van der Waals surface area (Å²) in [5.74, 6) is 0.786. The molecule has 2 atom stereocenters. The maximum Gasteiger partial charge on any atom is 0.310 e. The Labute approximate surface area is 122 Å². The standard InChI is InChI=1S/C18H24O2/c1-4-5-9-15(2)16(3)12-13-20-18(19)14-17-10-7-6-8-11-17/h4-11,15-16H,1,12-14H2,2-3H3/b9-5+. The third-order valence-corrected chi connectivity index (χ3v) is 3.48. The minimum Gasteiger partial charge on any atom is -0.465 e. The molecule has 0 bridgehead atoms. The molecule has 0 aliphatic rings. The van der Waals surface area contributed by atoms with Crippen molar-refractivity contribution < 1.29 is 9.53 Å². The predicted octanol–water partition coefficient (Wildman–Crippen LogP) is 4.18. The SMILES string of the molecule is C=C/C=C/C(C)C(C)CCOC(=O)Cc1ccccc1. The summed E-state index contributed by atoms with van der Waals surface area (Å²) in [5, 5.41) is 0. The Morgan fingerprint density at radius 3 is 2.65 bits per heavy atom. The van der Waals surface area contributed by atoms with Crippen LogP contribution in [0.1, 0.15) is 25.8 Å². The molecule has 0 fully saturated rings. The fourth-order valence-electron chi connectivity index (χ4n) is 1.88.